The molecule has 1 N–H and O–H groups in total. The molecule has 0 amide bonds. The molecule has 0 aliphatic carbocycles. The third-order valence-electron chi connectivity index (χ3n) is 4.60. The molecule has 136 valence electrons. The largest absolute Gasteiger partial charge is 0.343 e. The van der Waals surface area contributed by atoms with Crippen LogP contribution in [0.25, 0.3) is 22.3 Å². The van der Waals surface area contributed by atoms with Crippen LogP contribution in [0.2, 0.25) is 0 Å². The van der Waals surface area contributed by atoms with Gasteiger partial charge in [-0.15, -0.1) is 0 Å². The smallest absolute Gasteiger partial charge is 0.103 e. The lowest BCUT2D eigenvalue weighted by Gasteiger charge is -2.13. The molecule has 0 radical (unpaired) electrons. The topological polar surface area (TPSA) is 24.4 Å². The number of nitrogens with zero attached hydrogens (tertiary/aromatic N) is 1. The third kappa shape index (κ3) is 4.02. The predicted molar refractivity (Wildman–Crippen MR) is 120 cm³/mol. The molecule has 0 saturated carbocycles. The van der Waals surface area contributed by atoms with Gasteiger partial charge in [-0.3, -0.25) is 0 Å². The maximum Gasteiger partial charge on any atom is 0.103 e. The van der Waals surface area contributed by atoms with Gasteiger partial charge in [-0.2, -0.15) is 0 Å². The molecule has 2 nitrogen and oxygen atoms in total. The lowest BCUT2D eigenvalue weighted by atomic mass is 10.0. The van der Waals surface area contributed by atoms with Gasteiger partial charge in [0.15, 0.2) is 0 Å². The van der Waals surface area contributed by atoms with Crippen molar-refractivity contribution in [3.8, 4) is 22.3 Å². The normalized spacial score (nSPS) is 11.2. The number of rotatable bonds is 4. The Kier molecular flexibility index (Phi) is 5.30. The lowest BCUT2D eigenvalue weighted by Crippen LogP contribution is -2.07. The van der Waals surface area contributed by atoms with Crippen LogP contribution in [0.3, 0.4) is 0 Å². The first kappa shape index (κ1) is 17.7. The Balaban J connectivity index is 1.66. The molecule has 0 atom stereocenters. The summed E-state index contributed by atoms with van der Waals surface area (Å²) < 4.78 is 0. The summed E-state index contributed by atoms with van der Waals surface area (Å²) in [6.07, 6.45) is 0. The summed E-state index contributed by atoms with van der Waals surface area (Å²) in [6, 6.07) is 37.3. The zero-order valence-electron chi connectivity index (χ0n) is 15.8. The van der Waals surface area contributed by atoms with Crippen LogP contribution in [-0.4, -0.2) is 5.84 Å². The highest BCUT2D eigenvalue weighted by Gasteiger charge is 2.07. The summed E-state index contributed by atoms with van der Waals surface area (Å²) in [7, 11) is 0. The van der Waals surface area contributed by atoms with Gasteiger partial charge in [0.1, 0.15) is 5.84 Å². The Bertz CT molecular complexity index is 1080. The van der Waals surface area contributed by atoms with E-state index in [1.54, 1.807) is 0 Å². The fraction of sp³-hybridized carbons (Fsp3) is 0.0385. The van der Waals surface area contributed by atoms with Crippen LogP contribution < -0.4 is 5.32 Å². The number of amidine groups is 1. The van der Waals surface area contributed by atoms with E-state index in [1.807, 2.05) is 31.2 Å². The van der Waals surface area contributed by atoms with Gasteiger partial charge in [0.2, 0.25) is 0 Å². The third-order valence-corrected chi connectivity index (χ3v) is 4.60. The summed E-state index contributed by atoms with van der Waals surface area (Å²) in [5, 5.41) is 3.49. The van der Waals surface area contributed by atoms with Crippen molar-refractivity contribution in [1.29, 1.82) is 0 Å². The van der Waals surface area contributed by atoms with Crippen molar-refractivity contribution in [2.24, 2.45) is 4.99 Å². The molecular formula is C26H22N2. The molecule has 0 unspecified atom stereocenters. The van der Waals surface area contributed by atoms with E-state index in [2.05, 4.69) is 90.2 Å². The number of benzene rings is 4. The molecule has 4 aromatic carbocycles. The van der Waals surface area contributed by atoms with Crippen LogP contribution in [-0.2, 0) is 0 Å². The van der Waals surface area contributed by atoms with Crippen LogP contribution in [0, 0.1) is 0 Å². The highest BCUT2D eigenvalue weighted by molar-refractivity contribution is 5.99. The predicted octanol–water partition coefficient (Wildman–Crippen LogP) is 7.18. The molecule has 0 fully saturated rings. The number of para-hydroxylation sites is 2. The van der Waals surface area contributed by atoms with Crippen molar-refractivity contribution in [2.75, 3.05) is 5.32 Å². The molecule has 0 heterocycles. The Morgan fingerprint density at radius 1 is 0.571 bits per heavy atom. The molecule has 0 saturated heterocycles. The van der Waals surface area contributed by atoms with Gasteiger partial charge < -0.3 is 5.32 Å². The zero-order chi connectivity index (χ0) is 19.2. The van der Waals surface area contributed by atoms with E-state index in [0.717, 1.165) is 28.3 Å². The van der Waals surface area contributed by atoms with Gasteiger partial charge in [0.05, 0.1) is 5.69 Å². The maximum absolute atomic E-state index is 4.87. The van der Waals surface area contributed by atoms with Crippen molar-refractivity contribution < 1.29 is 0 Å². The molecule has 0 bridgehead atoms. The van der Waals surface area contributed by atoms with Crippen molar-refractivity contribution in [2.45, 2.75) is 6.92 Å². The fourth-order valence-electron chi connectivity index (χ4n) is 3.30. The minimum atomic E-state index is 0.853. The summed E-state index contributed by atoms with van der Waals surface area (Å²) in [5.74, 6) is 0.853. The second kappa shape index (κ2) is 8.36. The van der Waals surface area contributed by atoms with E-state index < -0.39 is 0 Å². The second-order valence-electron chi connectivity index (χ2n) is 6.62. The standard InChI is InChI=1S/C26H22N2/c1-20(27-25-18-10-8-16-23(25)21-12-4-2-5-13-21)28-26-19-11-9-17-24(26)22-14-6-3-7-15-22/h2-19H,1H3,(H,27,28). The van der Waals surface area contributed by atoms with Crippen molar-refractivity contribution >= 4 is 17.2 Å². The van der Waals surface area contributed by atoms with Crippen molar-refractivity contribution in [3.63, 3.8) is 0 Å². The quantitative estimate of drug-likeness (QED) is 0.302. The Morgan fingerprint density at radius 3 is 1.75 bits per heavy atom. The van der Waals surface area contributed by atoms with Crippen LogP contribution in [0.1, 0.15) is 6.92 Å². The summed E-state index contributed by atoms with van der Waals surface area (Å²) in [6.45, 7) is 2.00. The van der Waals surface area contributed by atoms with E-state index in [0.29, 0.717) is 0 Å². The average Bonchev–Trinajstić information content (AvgIpc) is 2.76. The summed E-state index contributed by atoms with van der Waals surface area (Å²) >= 11 is 0. The molecule has 0 aliphatic rings. The van der Waals surface area contributed by atoms with E-state index in [-0.39, 0.29) is 0 Å². The van der Waals surface area contributed by atoms with E-state index in [1.165, 1.54) is 11.1 Å². The Hall–Kier alpha value is -3.65. The van der Waals surface area contributed by atoms with Gasteiger partial charge in [-0.05, 0) is 30.2 Å². The van der Waals surface area contributed by atoms with Gasteiger partial charge in [0.25, 0.3) is 0 Å². The minimum absolute atomic E-state index is 0.853. The van der Waals surface area contributed by atoms with Gasteiger partial charge in [0, 0.05) is 16.8 Å². The fourth-order valence-corrected chi connectivity index (χ4v) is 3.30. The first-order chi connectivity index (χ1) is 13.8. The lowest BCUT2D eigenvalue weighted by molar-refractivity contribution is 1.46. The number of aliphatic imine (C=N–C) groups is 1. The van der Waals surface area contributed by atoms with Crippen LogP contribution in [0.4, 0.5) is 11.4 Å². The van der Waals surface area contributed by atoms with Crippen molar-refractivity contribution in [3.05, 3.63) is 109 Å². The van der Waals surface area contributed by atoms with Crippen LogP contribution in [0.5, 0.6) is 0 Å². The second-order valence-corrected chi connectivity index (χ2v) is 6.62. The molecule has 4 rings (SSSR count). The maximum atomic E-state index is 4.87. The summed E-state index contributed by atoms with van der Waals surface area (Å²) in [4.78, 5) is 4.87. The first-order valence-electron chi connectivity index (χ1n) is 9.42. The molecule has 4 aromatic rings. The molecule has 28 heavy (non-hydrogen) atoms. The molecule has 0 spiro atoms. The van der Waals surface area contributed by atoms with Gasteiger partial charge in [-0.25, -0.2) is 4.99 Å². The van der Waals surface area contributed by atoms with E-state index in [4.69, 9.17) is 4.99 Å². The summed E-state index contributed by atoms with van der Waals surface area (Å²) in [5.41, 5.74) is 6.64. The van der Waals surface area contributed by atoms with Crippen molar-refractivity contribution in [1.82, 2.24) is 0 Å². The van der Waals surface area contributed by atoms with E-state index in [9.17, 15) is 0 Å². The molecule has 0 aliphatic heterocycles. The van der Waals surface area contributed by atoms with Gasteiger partial charge in [-0.1, -0.05) is 97.1 Å². The van der Waals surface area contributed by atoms with Crippen LogP contribution >= 0.6 is 0 Å². The number of nitrogens with one attached hydrogen (secondary N) is 1. The zero-order valence-corrected chi connectivity index (χ0v) is 15.8. The number of hydrogen-bond donors (Lipinski definition) is 1. The minimum Gasteiger partial charge on any atom is -0.343 e. The highest BCUT2D eigenvalue weighted by atomic mass is 15.0. The number of anilines is 1. The Morgan fingerprint density at radius 2 is 1.07 bits per heavy atom. The highest BCUT2D eigenvalue weighted by Crippen LogP contribution is 2.31. The van der Waals surface area contributed by atoms with Gasteiger partial charge >= 0.3 is 0 Å². The molecular weight excluding hydrogens is 340 g/mol. The SMILES string of the molecule is CC(=Nc1ccccc1-c1ccccc1)Nc1ccccc1-c1ccccc1. The van der Waals surface area contributed by atoms with E-state index >= 15 is 0 Å². The molecule has 0 aromatic heterocycles. The monoisotopic (exact) mass is 362 g/mol. The van der Waals surface area contributed by atoms with Crippen LogP contribution in [0.15, 0.2) is 114 Å². The Labute approximate surface area is 166 Å². The molecule has 2 heteroatoms. The average molecular weight is 362 g/mol. The first-order valence-corrected chi connectivity index (χ1v) is 9.42. The number of hydrogen-bond acceptors (Lipinski definition) is 1.